The van der Waals surface area contributed by atoms with E-state index < -0.39 is 0 Å². The van der Waals surface area contributed by atoms with E-state index in [0.717, 1.165) is 26.2 Å². The van der Waals surface area contributed by atoms with E-state index >= 15 is 0 Å². The molecule has 3 rings (SSSR count). The first-order chi connectivity index (χ1) is 9.42. The van der Waals surface area contributed by atoms with Crippen LogP contribution in [-0.2, 0) is 0 Å². The second kappa shape index (κ2) is 5.89. The zero-order valence-electron chi connectivity index (χ0n) is 10.8. The number of hydrogen-bond acceptors (Lipinski definition) is 4. The number of piperazine rings is 1. The van der Waals surface area contributed by atoms with Gasteiger partial charge in [0, 0.05) is 23.7 Å². The largest absolute Gasteiger partial charge is 0.368 e. The van der Waals surface area contributed by atoms with E-state index in [1.807, 2.05) is 6.21 Å². The Morgan fingerprint density at radius 2 is 1.74 bits per heavy atom. The molecule has 2 aromatic rings. The highest BCUT2D eigenvalue weighted by Crippen LogP contribution is 2.15. The average molecular weight is 271 g/mol. The molecule has 4 heteroatoms. The van der Waals surface area contributed by atoms with Crippen molar-refractivity contribution in [1.82, 2.24) is 5.01 Å². The highest BCUT2D eigenvalue weighted by molar-refractivity contribution is 7.11. The average Bonchev–Trinajstić information content (AvgIpc) is 3.00. The van der Waals surface area contributed by atoms with Gasteiger partial charge in [0.05, 0.1) is 19.3 Å². The fourth-order valence-electron chi connectivity index (χ4n) is 2.21. The van der Waals surface area contributed by atoms with E-state index in [1.165, 1.54) is 10.6 Å². The lowest BCUT2D eigenvalue weighted by atomic mass is 10.2. The van der Waals surface area contributed by atoms with Crippen molar-refractivity contribution in [3.05, 3.63) is 52.7 Å². The maximum atomic E-state index is 4.55. The Morgan fingerprint density at radius 3 is 2.42 bits per heavy atom. The minimum atomic E-state index is 0.983. The SMILES string of the molecule is C(=N/N1CCN(c2ccccc2)CC1)/c1cccs1. The fraction of sp³-hybridized carbons (Fsp3) is 0.267. The van der Waals surface area contributed by atoms with Crippen molar-refractivity contribution in [2.75, 3.05) is 31.1 Å². The first kappa shape index (κ1) is 12.2. The Hall–Kier alpha value is -1.81. The molecule has 0 bridgehead atoms. The first-order valence-electron chi connectivity index (χ1n) is 6.54. The molecular formula is C15H17N3S. The Kier molecular flexibility index (Phi) is 3.79. The quantitative estimate of drug-likeness (QED) is 0.799. The fourth-order valence-corrected chi connectivity index (χ4v) is 2.79. The Morgan fingerprint density at radius 1 is 0.947 bits per heavy atom. The Labute approximate surface area is 117 Å². The summed E-state index contributed by atoms with van der Waals surface area (Å²) in [6.07, 6.45) is 1.96. The van der Waals surface area contributed by atoms with Crippen molar-refractivity contribution in [2.24, 2.45) is 5.10 Å². The maximum Gasteiger partial charge on any atom is 0.0642 e. The smallest absolute Gasteiger partial charge is 0.0642 e. The zero-order valence-corrected chi connectivity index (χ0v) is 11.6. The summed E-state index contributed by atoms with van der Waals surface area (Å²) in [5, 5.41) is 8.78. The van der Waals surface area contributed by atoms with Crippen LogP contribution in [-0.4, -0.2) is 37.4 Å². The van der Waals surface area contributed by atoms with E-state index in [4.69, 9.17) is 0 Å². The topological polar surface area (TPSA) is 18.8 Å². The lowest BCUT2D eigenvalue weighted by Crippen LogP contribution is -2.44. The van der Waals surface area contributed by atoms with Gasteiger partial charge in [0.2, 0.25) is 0 Å². The zero-order chi connectivity index (χ0) is 12.9. The van der Waals surface area contributed by atoms with Gasteiger partial charge in [-0.15, -0.1) is 11.3 Å². The molecule has 0 aliphatic carbocycles. The third-order valence-electron chi connectivity index (χ3n) is 3.27. The summed E-state index contributed by atoms with van der Waals surface area (Å²) in [7, 11) is 0. The predicted molar refractivity (Wildman–Crippen MR) is 82.1 cm³/mol. The van der Waals surface area contributed by atoms with Crippen molar-refractivity contribution in [3.8, 4) is 0 Å². The van der Waals surface area contributed by atoms with Gasteiger partial charge in [0.15, 0.2) is 0 Å². The van der Waals surface area contributed by atoms with Crippen molar-refractivity contribution in [1.29, 1.82) is 0 Å². The minimum Gasteiger partial charge on any atom is -0.368 e. The summed E-state index contributed by atoms with van der Waals surface area (Å²) < 4.78 is 0. The Bertz CT molecular complexity index is 514. The third-order valence-corrected chi connectivity index (χ3v) is 4.08. The monoisotopic (exact) mass is 271 g/mol. The van der Waals surface area contributed by atoms with Gasteiger partial charge in [-0.2, -0.15) is 5.10 Å². The van der Waals surface area contributed by atoms with Crippen LogP contribution in [0.25, 0.3) is 0 Å². The van der Waals surface area contributed by atoms with E-state index in [0.29, 0.717) is 0 Å². The molecule has 0 atom stereocenters. The highest BCUT2D eigenvalue weighted by atomic mass is 32.1. The van der Waals surface area contributed by atoms with Gasteiger partial charge in [0.1, 0.15) is 0 Å². The lowest BCUT2D eigenvalue weighted by Gasteiger charge is -2.34. The van der Waals surface area contributed by atoms with E-state index in [2.05, 4.69) is 62.9 Å². The number of nitrogens with zero attached hydrogens (tertiary/aromatic N) is 3. The standard InChI is InChI=1S/C15H17N3S/c1-2-5-14(6-3-1)17-8-10-18(11-9-17)16-13-15-7-4-12-19-15/h1-7,12-13H,8-11H2/b16-13-. The molecule has 1 aliphatic heterocycles. The van der Waals surface area contributed by atoms with Gasteiger partial charge in [-0.3, -0.25) is 5.01 Å². The van der Waals surface area contributed by atoms with Crippen molar-refractivity contribution in [3.63, 3.8) is 0 Å². The number of hydrazone groups is 1. The summed E-state index contributed by atoms with van der Waals surface area (Å²) in [6.45, 7) is 4.03. The van der Waals surface area contributed by atoms with Gasteiger partial charge in [-0.05, 0) is 23.6 Å². The summed E-state index contributed by atoms with van der Waals surface area (Å²) >= 11 is 1.72. The second-order valence-corrected chi connectivity index (χ2v) is 5.52. The van der Waals surface area contributed by atoms with Gasteiger partial charge in [-0.1, -0.05) is 24.3 Å². The molecule has 0 spiro atoms. The molecule has 0 amide bonds. The van der Waals surface area contributed by atoms with Crippen LogP contribution >= 0.6 is 11.3 Å². The number of benzene rings is 1. The van der Waals surface area contributed by atoms with Crippen LogP contribution in [0.3, 0.4) is 0 Å². The van der Waals surface area contributed by atoms with Crippen molar-refractivity contribution in [2.45, 2.75) is 0 Å². The second-order valence-electron chi connectivity index (χ2n) is 4.54. The van der Waals surface area contributed by atoms with Crippen LogP contribution in [0.4, 0.5) is 5.69 Å². The van der Waals surface area contributed by atoms with Crippen LogP contribution in [0, 0.1) is 0 Å². The first-order valence-corrected chi connectivity index (χ1v) is 7.42. The molecule has 2 heterocycles. The van der Waals surface area contributed by atoms with E-state index in [1.54, 1.807) is 11.3 Å². The van der Waals surface area contributed by atoms with Gasteiger partial charge in [0.25, 0.3) is 0 Å². The molecular weight excluding hydrogens is 254 g/mol. The predicted octanol–water partition coefficient (Wildman–Crippen LogP) is 2.90. The molecule has 98 valence electrons. The van der Waals surface area contributed by atoms with Gasteiger partial charge in [-0.25, -0.2) is 0 Å². The van der Waals surface area contributed by atoms with Crippen molar-refractivity contribution >= 4 is 23.2 Å². The number of rotatable bonds is 3. The van der Waals surface area contributed by atoms with Gasteiger partial charge >= 0.3 is 0 Å². The summed E-state index contributed by atoms with van der Waals surface area (Å²) in [4.78, 5) is 3.63. The molecule has 0 saturated carbocycles. The van der Waals surface area contributed by atoms with Crippen molar-refractivity contribution < 1.29 is 0 Å². The highest BCUT2D eigenvalue weighted by Gasteiger charge is 2.15. The lowest BCUT2D eigenvalue weighted by molar-refractivity contribution is 0.272. The third kappa shape index (κ3) is 3.15. The van der Waals surface area contributed by atoms with Crippen LogP contribution < -0.4 is 4.90 Å². The Balaban J connectivity index is 1.55. The minimum absolute atomic E-state index is 0.983. The van der Waals surface area contributed by atoms with Crippen LogP contribution in [0.5, 0.6) is 0 Å². The van der Waals surface area contributed by atoms with Crippen LogP contribution in [0.2, 0.25) is 0 Å². The number of para-hydroxylation sites is 1. The molecule has 3 nitrogen and oxygen atoms in total. The van der Waals surface area contributed by atoms with Gasteiger partial charge < -0.3 is 4.90 Å². The normalized spacial score (nSPS) is 16.2. The molecule has 0 N–H and O–H groups in total. The number of hydrogen-bond donors (Lipinski definition) is 0. The molecule has 1 saturated heterocycles. The summed E-state index contributed by atoms with van der Waals surface area (Å²) in [5.74, 6) is 0. The van der Waals surface area contributed by atoms with Crippen LogP contribution in [0.1, 0.15) is 4.88 Å². The molecule has 1 aromatic carbocycles. The summed E-state index contributed by atoms with van der Waals surface area (Å²) in [6, 6.07) is 14.7. The van der Waals surface area contributed by atoms with E-state index in [-0.39, 0.29) is 0 Å². The molecule has 0 radical (unpaired) electrons. The molecule has 1 fully saturated rings. The van der Waals surface area contributed by atoms with E-state index in [9.17, 15) is 0 Å². The number of thiophene rings is 1. The molecule has 19 heavy (non-hydrogen) atoms. The molecule has 1 aromatic heterocycles. The number of anilines is 1. The summed E-state index contributed by atoms with van der Waals surface area (Å²) in [5.41, 5.74) is 1.31. The molecule has 1 aliphatic rings. The maximum absolute atomic E-state index is 4.55. The molecule has 0 unspecified atom stereocenters. The van der Waals surface area contributed by atoms with Crippen LogP contribution in [0.15, 0.2) is 52.9 Å².